The van der Waals surface area contributed by atoms with Crippen molar-refractivity contribution >= 4 is 6.09 Å². The first-order chi connectivity index (χ1) is 9.03. The third kappa shape index (κ3) is 5.19. The zero-order valence-corrected chi connectivity index (χ0v) is 12.4. The second-order valence-corrected chi connectivity index (χ2v) is 6.07. The third-order valence-corrected chi connectivity index (χ3v) is 3.19. The minimum atomic E-state index is -4.22. The van der Waals surface area contributed by atoms with E-state index in [0.717, 1.165) is 0 Å². The molecule has 0 saturated carbocycles. The molecule has 0 bridgehead atoms. The van der Waals surface area contributed by atoms with Gasteiger partial charge in [0, 0.05) is 12.6 Å². The quantitative estimate of drug-likeness (QED) is 0.852. The van der Waals surface area contributed by atoms with Gasteiger partial charge in [-0.05, 0) is 40.2 Å². The predicted molar refractivity (Wildman–Crippen MR) is 69.5 cm³/mol. The Bertz CT molecular complexity index is 339. The molecule has 0 aliphatic carbocycles. The lowest BCUT2D eigenvalue weighted by Crippen LogP contribution is -2.56. The Morgan fingerprint density at radius 3 is 2.35 bits per heavy atom. The molecule has 1 rings (SSSR count). The van der Waals surface area contributed by atoms with Crippen LogP contribution in [0.1, 0.15) is 40.5 Å². The highest BCUT2D eigenvalue weighted by molar-refractivity contribution is 5.68. The lowest BCUT2D eigenvalue weighted by Gasteiger charge is -2.40. The van der Waals surface area contributed by atoms with Gasteiger partial charge in [0.15, 0.2) is 0 Å². The number of nitrogens with zero attached hydrogens (tertiary/aromatic N) is 1. The topological polar surface area (TPSA) is 41.6 Å². The molecule has 1 N–H and O–H groups in total. The Balaban J connectivity index is 2.55. The first-order valence-corrected chi connectivity index (χ1v) is 6.83. The fraction of sp³-hybridized carbons (Fsp3) is 0.923. The molecule has 1 heterocycles. The van der Waals surface area contributed by atoms with Crippen molar-refractivity contribution in [2.24, 2.45) is 0 Å². The maximum absolute atomic E-state index is 12.8. The highest BCUT2D eigenvalue weighted by Gasteiger charge is 2.45. The van der Waals surface area contributed by atoms with Crippen molar-refractivity contribution < 1.29 is 22.7 Å². The number of piperidine rings is 1. The van der Waals surface area contributed by atoms with E-state index in [1.807, 2.05) is 0 Å². The minimum absolute atomic E-state index is 0.00218. The molecular weight excluding hydrogens is 273 g/mol. The standard InChI is InChI=1S/C13H23F3N2O2/c1-5-18-8-9(6-7-10(18)13(14,15)16)17-11(19)20-12(2,3)4/h9-10H,5-8H2,1-4H3,(H,17,19). The summed E-state index contributed by atoms with van der Waals surface area (Å²) in [4.78, 5) is 13.0. The van der Waals surface area contributed by atoms with Crippen molar-refractivity contribution in [1.82, 2.24) is 10.2 Å². The number of ether oxygens (including phenoxy) is 1. The van der Waals surface area contributed by atoms with Crippen LogP contribution in [0.2, 0.25) is 0 Å². The van der Waals surface area contributed by atoms with E-state index in [0.29, 0.717) is 13.0 Å². The lowest BCUT2D eigenvalue weighted by atomic mass is 9.98. The molecule has 0 aromatic heterocycles. The van der Waals surface area contributed by atoms with Crippen LogP contribution in [0, 0.1) is 0 Å². The van der Waals surface area contributed by atoms with Gasteiger partial charge in [-0.25, -0.2) is 4.79 Å². The van der Waals surface area contributed by atoms with E-state index in [1.54, 1.807) is 27.7 Å². The van der Waals surface area contributed by atoms with Crippen LogP contribution < -0.4 is 5.32 Å². The Kier molecular flexibility index (Phi) is 5.29. The highest BCUT2D eigenvalue weighted by Crippen LogP contribution is 2.31. The summed E-state index contributed by atoms with van der Waals surface area (Å²) >= 11 is 0. The molecule has 0 aromatic carbocycles. The van der Waals surface area contributed by atoms with E-state index in [9.17, 15) is 18.0 Å². The summed E-state index contributed by atoms with van der Waals surface area (Å²) in [5.41, 5.74) is -0.613. The molecule has 1 amide bonds. The molecular formula is C13H23F3N2O2. The SMILES string of the molecule is CCN1CC(NC(=O)OC(C)(C)C)CCC1C(F)(F)F. The molecule has 7 heteroatoms. The zero-order valence-electron chi connectivity index (χ0n) is 12.4. The van der Waals surface area contributed by atoms with E-state index < -0.39 is 23.9 Å². The summed E-state index contributed by atoms with van der Waals surface area (Å²) < 4.78 is 43.6. The van der Waals surface area contributed by atoms with Crippen LogP contribution in [-0.4, -0.2) is 47.9 Å². The number of amides is 1. The number of rotatable bonds is 2. The van der Waals surface area contributed by atoms with Crippen LogP contribution in [0.25, 0.3) is 0 Å². The van der Waals surface area contributed by atoms with Gasteiger partial charge in [-0.3, -0.25) is 4.90 Å². The van der Waals surface area contributed by atoms with Crippen molar-refractivity contribution in [2.75, 3.05) is 13.1 Å². The van der Waals surface area contributed by atoms with Crippen LogP contribution in [0.15, 0.2) is 0 Å². The van der Waals surface area contributed by atoms with Gasteiger partial charge in [0.1, 0.15) is 11.6 Å². The van der Waals surface area contributed by atoms with Crippen molar-refractivity contribution in [1.29, 1.82) is 0 Å². The minimum Gasteiger partial charge on any atom is -0.444 e. The molecule has 1 saturated heterocycles. The molecule has 1 fully saturated rings. The van der Waals surface area contributed by atoms with E-state index in [4.69, 9.17) is 4.74 Å². The zero-order chi connectivity index (χ0) is 15.6. The average Bonchev–Trinajstić information content (AvgIpc) is 2.24. The number of carbonyl (C=O) groups is 1. The molecule has 1 aliphatic rings. The highest BCUT2D eigenvalue weighted by atomic mass is 19.4. The molecule has 2 unspecified atom stereocenters. The number of carbonyl (C=O) groups excluding carboxylic acids is 1. The maximum Gasteiger partial charge on any atom is 0.407 e. The number of halogens is 3. The van der Waals surface area contributed by atoms with Gasteiger partial charge in [-0.15, -0.1) is 0 Å². The molecule has 118 valence electrons. The Hall–Kier alpha value is -0.980. The van der Waals surface area contributed by atoms with Gasteiger partial charge in [-0.2, -0.15) is 13.2 Å². The second-order valence-electron chi connectivity index (χ2n) is 6.07. The smallest absolute Gasteiger partial charge is 0.407 e. The first-order valence-electron chi connectivity index (χ1n) is 6.83. The van der Waals surface area contributed by atoms with E-state index in [2.05, 4.69) is 5.32 Å². The van der Waals surface area contributed by atoms with Crippen LogP contribution in [0.5, 0.6) is 0 Å². The maximum atomic E-state index is 12.8. The lowest BCUT2D eigenvalue weighted by molar-refractivity contribution is -0.192. The predicted octanol–water partition coefficient (Wildman–Crippen LogP) is 2.93. The summed E-state index contributed by atoms with van der Waals surface area (Å²) in [6.45, 7) is 7.41. The number of hydrogen-bond acceptors (Lipinski definition) is 3. The monoisotopic (exact) mass is 296 g/mol. The summed E-state index contributed by atoms with van der Waals surface area (Å²) in [6.07, 6.45) is -4.49. The van der Waals surface area contributed by atoms with Gasteiger partial charge in [-0.1, -0.05) is 6.92 Å². The Labute approximate surface area is 117 Å². The number of alkyl carbamates (subject to hydrolysis) is 1. The van der Waals surface area contributed by atoms with E-state index >= 15 is 0 Å². The number of nitrogens with one attached hydrogen (secondary N) is 1. The van der Waals surface area contributed by atoms with Crippen molar-refractivity contribution in [3.8, 4) is 0 Å². The van der Waals surface area contributed by atoms with Crippen LogP contribution in [0.3, 0.4) is 0 Å². The fourth-order valence-corrected chi connectivity index (χ4v) is 2.36. The molecule has 0 spiro atoms. The number of likely N-dealkylation sites (tertiary alicyclic amines) is 1. The average molecular weight is 296 g/mol. The van der Waals surface area contributed by atoms with Crippen molar-refractivity contribution in [3.63, 3.8) is 0 Å². The molecule has 4 nitrogen and oxygen atoms in total. The third-order valence-electron chi connectivity index (χ3n) is 3.19. The first kappa shape index (κ1) is 17.1. The molecule has 2 atom stereocenters. The molecule has 0 aromatic rings. The van der Waals surface area contributed by atoms with Gasteiger partial charge < -0.3 is 10.1 Å². The number of hydrogen-bond donors (Lipinski definition) is 1. The number of alkyl halides is 3. The molecule has 1 aliphatic heterocycles. The van der Waals surface area contributed by atoms with Gasteiger partial charge in [0.2, 0.25) is 0 Å². The summed E-state index contributed by atoms with van der Waals surface area (Å²) in [5.74, 6) is 0. The van der Waals surface area contributed by atoms with Crippen LogP contribution in [-0.2, 0) is 4.74 Å². The van der Waals surface area contributed by atoms with E-state index in [-0.39, 0.29) is 19.0 Å². The second kappa shape index (κ2) is 6.20. The van der Waals surface area contributed by atoms with Crippen LogP contribution >= 0.6 is 0 Å². The van der Waals surface area contributed by atoms with Crippen LogP contribution in [0.4, 0.5) is 18.0 Å². The summed E-state index contributed by atoms with van der Waals surface area (Å²) in [5, 5.41) is 2.64. The normalized spacial score (nSPS) is 25.4. The van der Waals surface area contributed by atoms with Gasteiger partial charge in [0.25, 0.3) is 0 Å². The van der Waals surface area contributed by atoms with Crippen molar-refractivity contribution in [3.05, 3.63) is 0 Å². The summed E-state index contributed by atoms with van der Waals surface area (Å²) in [6, 6.07) is -1.72. The van der Waals surface area contributed by atoms with Gasteiger partial charge in [0.05, 0.1) is 0 Å². The Morgan fingerprint density at radius 2 is 1.90 bits per heavy atom. The van der Waals surface area contributed by atoms with E-state index in [1.165, 1.54) is 4.90 Å². The number of likely N-dealkylation sites (N-methyl/N-ethyl adjacent to an activating group) is 1. The largest absolute Gasteiger partial charge is 0.444 e. The fourth-order valence-electron chi connectivity index (χ4n) is 2.36. The molecule has 0 radical (unpaired) electrons. The van der Waals surface area contributed by atoms with Crippen molar-refractivity contribution in [2.45, 2.75) is 64.4 Å². The summed E-state index contributed by atoms with van der Waals surface area (Å²) in [7, 11) is 0. The molecule has 20 heavy (non-hydrogen) atoms. The Morgan fingerprint density at radius 1 is 1.30 bits per heavy atom. The van der Waals surface area contributed by atoms with Gasteiger partial charge >= 0.3 is 12.3 Å².